The quantitative estimate of drug-likeness (QED) is 0.402. The van der Waals surface area contributed by atoms with Crippen LogP contribution in [-0.4, -0.2) is 63.9 Å². The third-order valence-electron chi connectivity index (χ3n) is 5.46. The molecule has 3 aromatic rings. The first-order valence-corrected chi connectivity index (χ1v) is 10.8. The largest absolute Gasteiger partial charge is 0.387 e. The Balaban J connectivity index is 1.54. The van der Waals surface area contributed by atoms with Crippen molar-refractivity contribution in [2.45, 2.75) is 44.5 Å². The number of fused-ring (bicyclic) bond motifs is 1. The molecule has 1 aromatic carbocycles. The average Bonchev–Trinajstić information content (AvgIpc) is 3.25. The van der Waals surface area contributed by atoms with Gasteiger partial charge in [0.05, 0.1) is 23.4 Å². The van der Waals surface area contributed by atoms with Gasteiger partial charge in [0.1, 0.15) is 23.0 Å². The number of alkyl halides is 1. The van der Waals surface area contributed by atoms with Gasteiger partial charge in [-0.3, -0.25) is 4.79 Å². The lowest BCUT2D eigenvalue weighted by molar-refractivity contribution is -0.00177. The van der Waals surface area contributed by atoms with E-state index in [9.17, 15) is 14.3 Å². The van der Waals surface area contributed by atoms with Crippen LogP contribution in [0.2, 0.25) is 0 Å². The Morgan fingerprint density at radius 3 is 2.76 bits per heavy atom. The Morgan fingerprint density at radius 1 is 1.24 bits per heavy atom. The van der Waals surface area contributed by atoms with Gasteiger partial charge in [-0.25, -0.2) is 14.0 Å². The zero-order valence-corrected chi connectivity index (χ0v) is 18.5. The molecule has 1 fully saturated rings. The molecule has 4 N–H and O–H groups in total. The fourth-order valence-corrected chi connectivity index (χ4v) is 3.42. The van der Waals surface area contributed by atoms with E-state index in [0.717, 1.165) is 18.5 Å². The summed E-state index contributed by atoms with van der Waals surface area (Å²) in [7, 11) is 0. The third kappa shape index (κ3) is 5.74. The van der Waals surface area contributed by atoms with Crippen LogP contribution in [0.25, 0.3) is 11.0 Å². The summed E-state index contributed by atoms with van der Waals surface area (Å²) in [5, 5.41) is 26.5. The van der Waals surface area contributed by atoms with Crippen molar-refractivity contribution in [1.29, 1.82) is 0 Å². The molecule has 11 heteroatoms. The molecule has 176 valence electrons. The molecule has 10 nitrogen and oxygen atoms in total. The summed E-state index contributed by atoms with van der Waals surface area (Å²) < 4.78 is 24.3. The number of hydrogen-bond donors (Lipinski definition) is 4. The predicted molar refractivity (Wildman–Crippen MR) is 120 cm³/mol. The van der Waals surface area contributed by atoms with E-state index in [-0.39, 0.29) is 18.2 Å². The summed E-state index contributed by atoms with van der Waals surface area (Å²) >= 11 is 0. The minimum atomic E-state index is -1.61. The zero-order valence-electron chi connectivity index (χ0n) is 18.5. The SMILES string of the molecule is CC(C)(O)[C@H](F)CNC(=O)c1cnc(Nc2ccc3nonc3c2)cc1NC1CCOCC1. The molecule has 0 aliphatic carbocycles. The number of nitrogens with one attached hydrogen (secondary N) is 3. The molecule has 0 saturated carbocycles. The molecular weight excluding hydrogens is 431 g/mol. The second-order valence-electron chi connectivity index (χ2n) is 8.57. The maximum absolute atomic E-state index is 14.1. The number of anilines is 3. The first-order valence-electron chi connectivity index (χ1n) is 10.8. The molecule has 4 rings (SSSR count). The molecule has 3 heterocycles. The molecule has 1 aliphatic heterocycles. The number of nitrogens with zero attached hydrogens (tertiary/aromatic N) is 3. The number of aliphatic hydroxyl groups is 1. The number of carbonyl (C=O) groups is 1. The number of carbonyl (C=O) groups excluding carboxylic acids is 1. The van der Waals surface area contributed by atoms with E-state index in [1.165, 1.54) is 20.0 Å². The van der Waals surface area contributed by atoms with E-state index in [2.05, 4.69) is 31.2 Å². The highest BCUT2D eigenvalue weighted by molar-refractivity contribution is 6.00. The van der Waals surface area contributed by atoms with E-state index >= 15 is 0 Å². The van der Waals surface area contributed by atoms with Crippen molar-refractivity contribution in [2.75, 3.05) is 30.4 Å². The molecule has 0 radical (unpaired) electrons. The predicted octanol–water partition coefficient (Wildman–Crippen LogP) is 2.79. The fourth-order valence-electron chi connectivity index (χ4n) is 3.42. The standard InChI is InChI=1S/C22H27FN6O4/c1-22(2,31)19(23)12-25-21(30)15-11-24-20(10-17(15)26-13-5-7-32-8-6-13)27-14-3-4-16-18(9-14)29-33-28-16/h3-4,9-11,13,19,31H,5-8,12H2,1-2H3,(H,25,30)(H2,24,26,27)/t19-/m1/s1. The van der Waals surface area contributed by atoms with Crippen LogP contribution in [-0.2, 0) is 4.74 Å². The van der Waals surface area contributed by atoms with Gasteiger partial charge in [-0.2, -0.15) is 0 Å². The van der Waals surface area contributed by atoms with Gasteiger partial charge in [0.15, 0.2) is 0 Å². The lowest BCUT2D eigenvalue weighted by Crippen LogP contribution is -2.42. The lowest BCUT2D eigenvalue weighted by Gasteiger charge is -2.26. The number of ether oxygens (including phenoxy) is 1. The highest BCUT2D eigenvalue weighted by atomic mass is 19.1. The summed E-state index contributed by atoms with van der Waals surface area (Å²) in [4.78, 5) is 17.2. The third-order valence-corrected chi connectivity index (χ3v) is 5.46. The maximum Gasteiger partial charge on any atom is 0.255 e. The Hall–Kier alpha value is -3.31. The van der Waals surface area contributed by atoms with Gasteiger partial charge in [-0.15, -0.1) is 0 Å². The number of pyridine rings is 1. The van der Waals surface area contributed by atoms with Crippen LogP contribution in [0.5, 0.6) is 0 Å². The van der Waals surface area contributed by atoms with Crippen molar-refractivity contribution < 1.29 is 23.7 Å². The highest BCUT2D eigenvalue weighted by Gasteiger charge is 2.27. The fraction of sp³-hybridized carbons (Fsp3) is 0.455. The number of halogens is 1. The van der Waals surface area contributed by atoms with Crippen LogP contribution in [0.15, 0.2) is 35.1 Å². The number of rotatable bonds is 8. The first kappa shape index (κ1) is 22.9. The van der Waals surface area contributed by atoms with Crippen LogP contribution in [0.3, 0.4) is 0 Å². The Bertz CT molecular complexity index is 1110. The minimum absolute atomic E-state index is 0.128. The molecule has 1 amide bonds. The number of aromatic nitrogens is 3. The van der Waals surface area contributed by atoms with Gasteiger partial charge in [0.2, 0.25) is 0 Å². The second kappa shape index (κ2) is 9.67. The van der Waals surface area contributed by atoms with E-state index < -0.39 is 17.7 Å². The van der Waals surface area contributed by atoms with Gasteiger partial charge in [0.25, 0.3) is 5.91 Å². The van der Waals surface area contributed by atoms with Gasteiger partial charge in [-0.05, 0) is 55.2 Å². The van der Waals surface area contributed by atoms with Crippen molar-refractivity contribution in [3.63, 3.8) is 0 Å². The highest BCUT2D eigenvalue weighted by Crippen LogP contribution is 2.25. The van der Waals surface area contributed by atoms with Crippen LogP contribution in [0, 0.1) is 0 Å². The van der Waals surface area contributed by atoms with Crippen molar-refractivity contribution in [2.24, 2.45) is 0 Å². The van der Waals surface area contributed by atoms with E-state index in [1.54, 1.807) is 18.2 Å². The minimum Gasteiger partial charge on any atom is -0.387 e. The van der Waals surface area contributed by atoms with Gasteiger partial charge >= 0.3 is 0 Å². The molecule has 1 atom stereocenters. The normalized spacial score (nSPS) is 15.9. The van der Waals surface area contributed by atoms with E-state index in [4.69, 9.17) is 9.37 Å². The smallest absolute Gasteiger partial charge is 0.255 e. The van der Waals surface area contributed by atoms with Crippen LogP contribution in [0.4, 0.5) is 21.6 Å². The van der Waals surface area contributed by atoms with E-state index in [1.807, 2.05) is 6.07 Å². The number of benzene rings is 1. The van der Waals surface area contributed by atoms with Crippen molar-refractivity contribution in [3.8, 4) is 0 Å². The molecule has 0 spiro atoms. The van der Waals surface area contributed by atoms with Crippen molar-refractivity contribution in [1.82, 2.24) is 20.6 Å². The molecule has 33 heavy (non-hydrogen) atoms. The Labute approximate surface area is 189 Å². The zero-order chi connectivity index (χ0) is 23.4. The number of hydrogen-bond acceptors (Lipinski definition) is 9. The molecule has 0 unspecified atom stereocenters. The van der Waals surface area contributed by atoms with Crippen LogP contribution < -0.4 is 16.0 Å². The van der Waals surface area contributed by atoms with E-state index in [0.29, 0.717) is 35.8 Å². The topological polar surface area (TPSA) is 134 Å². The summed E-state index contributed by atoms with van der Waals surface area (Å²) in [5.74, 6) is 0.0300. The van der Waals surface area contributed by atoms with Crippen molar-refractivity contribution in [3.05, 3.63) is 36.0 Å². The monoisotopic (exact) mass is 458 g/mol. The maximum atomic E-state index is 14.1. The lowest BCUT2D eigenvalue weighted by atomic mass is 10.0. The average molecular weight is 458 g/mol. The van der Waals surface area contributed by atoms with Gasteiger partial charge in [-0.1, -0.05) is 0 Å². The van der Waals surface area contributed by atoms with Crippen molar-refractivity contribution >= 4 is 34.1 Å². The number of amides is 1. The molecule has 1 saturated heterocycles. The van der Waals surface area contributed by atoms with Crippen LogP contribution >= 0.6 is 0 Å². The second-order valence-corrected chi connectivity index (χ2v) is 8.57. The summed E-state index contributed by atoms with van der Waals surface area (Å²) in [6, 6.07) is 7.23. The molecule has 1 aliphatic rings. The Morgan fingerprint density at radius 2 is 2.00 bits per heavy atom. The summed E-state index contributed by atoms with van der Waals surface area (Å²) in [5.41, 5.74) is 1.27. The summed E-state index contributed by atoms with van der Waals surface area (Å²) in [6.07, 6.45) is 1.43. The van der Waals surface area contributed by atoms with Gasteiger partial charge < -0.3 is 25.8 Å². The summed E-state index contributed by atoms with van der Waals surface area (Å²) in [6.45, 7) is 3.67. The first-order chi connectivity index (χ1) is 15.8. The Kier molecular flexibility index (Phi) is 6.70. The van der Waals surface area contributed by atoms with Gasteiger partial charge in [0, 0.05) is 37.2 Å². The molecule has 2 aromatic heterocycles. The molecule has 0 bridgehead atoms. The van der Waals surface area contributed by atoms with Crippen LogP contribution in [0.1, 0.15) is 37.0 Å². The molecular formula is C22H27FN6O4.